The minimum atomic E-state index is -0.560. The van der Waals surface area contributed by atoms with Crippen molar-refractivity contribution in [2.75, 3.05) is 7.11 Å². The molecule has 0 spiro atoms. The number of nitrogens with two attached hydrogens (primary N) is 1. The zero-order valence-electron chi connectivity index (χ0n) is 9.84. The van der Waals surface area contributed by atoms with E-state index < -0.39 is 5.41 Å². The van der Waals surface area contributed by atoms with Crippen LogP contribution in [0.25, 0.3) is 0 Å². The lowest BCUT2D eigenvalue weighted by Gasteiger charge is -2.19. The van der Waals surface area contributed by atoms with Gasteiger partial charge in [0.2, 0.25) is 5.91 Å². The third-order valence-corrected chi connectivity index (χ3v) is 3.49. The third-order valence-electron chi connectivity index (χ3n) is 3.27. The van der Waals surface area contributed by atoms with Crippen molar-refractivity contribution in [3.05, 3.63) is 28.3 Å². The number of aryl methyl sites for hydroxylation is 1. The molecule has 0 aromatic heterocycles. The number of ether oxygens (including phenoxy) is 1. The van der Waals surface area contributed by atoms with Gasteiger partial charge in [-0.3, -0.25) is 10.2 Å². The molecule has 0 unspecified atom stereocenters. The zero-order chi connectivity index (χ0) is 12.6. The van der Waals surface area contributed by atoms with Gasteiger partial charge in [0.15, 0.2) is 0 Å². The summed E-state index contributed by atoms with van der Waals surface area (Å²) in [6.07, 6.45) is 1.54. The van der Waals surface area contributed by atoms with Gasteiger partial charge < -0.3 is 4.74 Å². The van der Waals surface area contributed by atoms with Crippen molar-refractivity contribution in [2.45, 2.75) is 25.2 Å². The quantitative estimate of drug-likeness (QED) is 0.490. The number of methoxy groups -OCH3 is 1. The molecule has 0 atom stereocenters. The van der Waals surface area contributed by atoms with Gasteiger partial charge in [-0.05, 0) is 37.5 Å². The maximum atomic E-state index is 11.9. The topological polar surface area (TPSA) is 64.3 Å². The van der Waals surface area contributed by atoms with E-state index >= 15 is 0 Å². The Hall–Kier alpha value is -1.26. The third kappa shape index (κ3) is 1.87. The molecule has 0 heterocycles. The summed E-state index contributed by atoms with van der Waals surface area (Å²) in [6, 6.07) is 3.61. The van der Waals surface area contributed by atoms with Crippen LogP contribution in [0.5, 0.6) is 5.75 Å². The molecule has 1 fully saturated rings. The number of carbonyl (C=O) groups is 1. The monoisotopic (exact) mass is 254 g/mol. The molecular weight excluding hydrogens is 240 g/mol. The highest BCUT2D eigenvalue weighted by Crippen LogP contribution is 2.52. The highest BCUT2D eigenvalue weighted by atomic mass is 35.5. The van der Waals surface area contributed by atoms with E-state index in [0.29, 0.717) is 5.02 Å². The fraction of sp³-hybridized carbons (Fsp3) is 0.417. The average molecular weight is 255 g/mol. The first-order valence-corrected chi connectivity index (χ1v) is 5.78. The zero-order valence-corrected chi connectivity index (χ0v) is 10.6. The van der Waals surface area contributed by atoms with Crippen molar-refractivity contribution in [1.29, 1.82) is 0 Å². The molecule has 1 aliphatic rings. The van der Waals surface area contributed by atoms with Crippen molar-refractivity contribution < 1.29 is 9.53 Å². The van der Waals surface area contributed by atoms with Gasteiger partial charge in [-0.15, -0.1) is 0 Å². The Morgan fingerprint density at radius 2 is 2.18 bits per heavy atom. The number of hydrogen-bond acceptors (Lipinski definition) is 3. The maximum Gasteiger partial charge on any atom is 0.244 e. The SMILES string of the molecule is COc1c(C)cc(Cl)cc1C1(C(=O)NN)CC1. The number of rotatable bonds is 3. The van der Waals surface area contributed by atoms with Crippen molar-refractivity contribution in [1.82, 2.24) is 5.43 Å². The van der Waals surface area contributed by atoms with Gasteiger partial charge in [0.25, 0.3) is 0 Å². The number of amides is 1. The molecular formula is C12H15ClN2O2. The molecule has 17 heavy (non-hydrogen) atoms. The van der Waals surface area contributed by atoms with Crippen LogP contribution in [-0.4, -0.2) is 13.0 Å². The van der Waals surface area contributed by atoms with Gasteiger partial charge in [-0.25, -0.2) is 5.84 Å². The van der Waals surface area contributed by atoms with Crippen LogP contribution < -0.4 is 16.0 Å². The van der Waals surface area contributed by atoms with Crippen LogP contribution in [0, 0.1) is 6.92 Å². The van der Waals surface area contributed by atoms with Crippen LogP contribution in [0.3, 0.4) is 0 Å². The van der Waals surface area contributed by atoms with Crippen LogP contribution in [0.15, 0.2) is 12.1 Å². The Morgan fingerprint density at radius 3 is 2.65 bits per heavy atom. The molecule has 3 N–H and O–H groups in total. The van der Waals surface area contributed by atoms with Crippen LogP contribution in [0.1, 0.15) is 24.0 Å². The molecule has 0 aliphatic heterocycles. The van der Waals surface area contributed by atoms with Crippen LogP contribution in [-0.2, 0) is 10.2 Å². The van der Waals surface area contributed by atoms with Gasteiger partial charge >= 0.3 is 0 Å². The number of halogens is 1. The van der Waals surface area contributed by atoms with E-state index in [2.05, 4.69) is 5.43 Å². The lowest BCUT2D eigenvalue weighted by Crippen LogP contribution is -2.39. The van der Waals surface area contributed by atoms with Crippen molar-refractivity contribution in [3.63, 3.8) is 0 Å². The first kappa shape index (κ1) is 12.2. The Bertz CT molecular complexity index is 470. The summed E-state index contributed by atoms with van der Waals surface area (Å²) in [7, 11) is 1.59. The summed E-state index contributed by atoms with van der Waals surface area (Å²) < 4.78 is 5.37. The van der Waals surface area contributed by atoms with Crippen LogP contribution >= 0.6 is 11.6 Å². The average Bonchev–Trinajstić information content (AvgIpc) is 3.08. The van der Waals surface area contributed by atoms with Gasteiger partial charge in [-0.1, -0.05) is 11.6 Å². The maximum absolute atomic E-state index is 11.9. The second kappa shape index (κ2) is 4.20. The predicted molar refractivity (Wildman–Crippen MR) is 66.0 cm³/mol. The van der Waals surface area contributed by atoms with Crippen molar-refractivity contribution in [2.24, 2.45) is 5.84 Å². The lowest BCUT2D eigenvalue weighted by molar-refractivity contribution is -0.123. The summed E-state index contributed by atoms with van der Waals surface area (Å²) >= 11 is 6.04. The summed E-state index contributed by atoms with van der Waals surface area (Å²) in [5, 5.41) is 0.606. The number of hydrogen-bond donors (Lipinski definition) is 2. The normalized spacial score (nSPS) is 16.5. The van der Waals surface area contributed by atoms with E-state index in [1.54, 1.807) is 13.2 Å². The number of carbonyl (C=O) groups excluding carboxylic acids is 1. The van der Waals surface area contributed by atoms with E-state index in [-0.39, 0.29) is 5.91 Å². The van der Waals surface area contributed by atoms with E-state index in [1.165, 1.54) is 0 Å². The fourth-order valence-electron chi connectivity index (χ4n) is 2.24. The molecule has 1 aromatic rings. The molecule has 1 saturated carbocycles. The molecule has 2 rings (SSSR count). The van der Waals surface area contributed by atoms with Crippen LogP contribution in [0.4, 0.5) is 0 Å². The molecule has 92 valence electrons. The number of nitrogens with one attached hydrogen (secondary N) is 1. The molecule has 0 radical (unpaired) electrons. The molecule has 4 nitrogen and oxygen atoms in total. The van der Waals surface area contributed by atoms with Crippen molar-refractivity contribution >= 4 is 17.5 Å². The standard InChI is InChI=1S/C12H15ClN2O2/c1-7-5-8(13)6-9(10(7)17-2)12(3-4-12)11(16)15-14/h5-6H,3-4,14H2,1-2H3,(H,15,16). The van der Waals surface area contributed by atoms with E-state index in [0.717, 1.165) is 29.7 Å². The van der Waals surface area contributed by atoms with Gasteiger partial charge in [0.1, 0.15) is 5.75 Å². The van der Waals surface area contributed by atoms with Gasteiger partial charge in [0.05, 0.1) is 12.5 Å². The second-order valence-electron chi connectivity index (χ2n) is 4.36. The second-order valence-corrected chi connectivity index (χ2v) is 4.80. The Morgan fingerprint density at radius 1 is 1.53 bits per heavy atom. The largest absolute Gasteiger partial charge is 0.496 e. The Balaban J connectivity index is 2.55. The summed E-state index contributed by atoms with van der Waals surface area (Å²) in [4.78, 5) is 11.9. The minimum absolute atomic E-state index is 0.183. The molecule has 1 aromatic carbocycles. The van der Waals surface area contributed by atoms with Gasteiger partial charge in [-0.2, -0.15) is 0 Å². The molecule has 1 aliphatic carbocycles. The molecule has 0 saturated heterocycles. The van der Waals surface area contributed by atoms with E-state index in [9.17, 15) is 4.79 Å². The Kier molecular flexibility index (Phi) is 3.02. The number of benzene rings is 1. The molecule has 1 amide bonds. The molecule has 5 heteroatoms. The number of hydrazine groups is 1. The summed E-state index contributed by atoms with van der Waals surface area (Å²) in [5.74, 6) is 5.76. The van der Waals surface area contributed by atoms with Crippen molar-refractivity contribution in [3.8, 4) is 5.75 Å². The summed E-state index contributed by atoms with van der Waals surface area (Å²) in [6.45, 7) is 1.91. The van der Waals surface area contributed by atoms with E-state index in [4.69, 9.17) is 22.2 Å². The summed E-state index contributed by atoms with van der Waals surface area (Å²) in [5.41, 5.74) is 3.41. The first-order valence-electron chi connectivity index (χ1n) is 5.41. The fourth-order valence-corrected chi connectivity index (χ4v) is 2.51. The smallest absolute Gasteiger partial charge is 0.244 e. The van der Waals surface area contributed by atoms with Gasteiger partial charge in [0, 0.05) is 10.6 Å². The van der Waals surface area contributed by atoms with Crippen LogP contribution in [0.2, 0.25) is 5.02 Å². The van der Waals surface area contributed by atoms with E-state index in [1.807, 2.05) is 13.0 Å². The predicted octanol–water partition coefficient (Wildman–Crippen LogP) is 1.68. The highest BCUT2D eigenvalue weighted by Gasteiger charge is 2.53. The first-order chi connectivity index (χ1) is 8.05. The highest BCUT2D eigenvalue weighted by molar-refractivity contribution is 6.30. The minimum Gasteiger partial charge on any atom is -0.496 e. The lowest BCUT2D eigenvalue weighted by atomic mass is 9.92. The Labute approximate surface area is 105 Å². The molecule has 0 bridgehead atoms.